The fraction of sp³-hybridized carbons (Fsp3) is 0.633. The summed E-state index contributed by atoms with van der Waals surface area (Å²) in [5.74, 6) is -0.157. The molecule has 0 aliphatic carbocycles. The number of phenols is 1. The first-order valence-electron chi connectivity index (χ1n) is 13.7. The van der Waals surface area contributed by atoms with Gasteiger partial charge in [-0.3, -0.25) is 4.79 Å². The van der Waals surface area contributed by atoms with Crippen LogP contribution in [-0.4, -0.2) is 29.5 Å². The molecule has 2 aromatic rings. The first-order chi connectivity index (χ1) is 16.6. The zero-order valence-electron chi connectivity index (χ0n) is 21.6. The normalized spacial score (nSPS) is 11.3. The first kappa shape index (κ1) is 28.5. The predicted molar refractivity (Wildman–Crippen MR) is 147 cm³/mol. The molecule has 0 atom stereocenters. The molecule has 0 bridgehead atoms. The second-order valence-corrected chi connectivity index (χ2v) is 10.2. The fourth-order valence-corrected chi connectivity index (χ4v) is 4.96. The van der Waals surface area contributed by atoms with Gasteiger partial charge in [0.25, 0.3) is 5.91 Å². The van der Waals surface area contributed by atoms with E-state index in [1.54, 1.807) is 24.1 Å². The summed E-state index contributed by atoms with van der Waals surface area (Å²) in [5.41, 5.74) is 0.280. The summed E-state index contributed by atoms with van der Waals surface area (Å²) in [6.45, 7) is 2.97. The van der Waals surface area contributed by atoms with E-state index < -0.39 is 0 Å². The minimum absolute atomic E-state index is 0.0174. The van der Waals surface area contributed by atoms with E-state index in [2.05, 4.69) is 6.92 Å². The lowest BCUT2D eigenvalue weighted by atomic mass is 10.0. The summed E-state index contributed by atoms with van der Waals surface area (Å²) in [5, 5.41) is 12.5. The third-order valence-corrected chi connectivity index (χ3v) is 7.20. The number of carbonyl (C=O) groups is 1. The topological polar surface area (TPSA) is 40.5 Å². The van der Waals surface area contributed by atoms with Gasteiger partial charge in [-0.25, -0.2) is 0 Å². The lowest BCUT2D eigenvalue weighted by Crippen LogP contribution is -2.27. The Balaban J connectivity index is 1.51. The minimum Gasteiger partial charge on any atom is -0.506 e. The number of aromatic hydroxyl groups is 1. The van der Waals surface area contributed by atoms with Gasteiger partial charge in [-0.05, 0) is 12.5 Å². The molecule has 34 heavy (non-hydrogen) atoms. The number of fused-ring (bicyclic) bond motifs is 1. The molecule has 0 saturated heterocycles. The SMILES string of the molecule is CCCCCCCCCCCCCCCCCCN(C)C(=O)c1cc(Cl)c2ccccc2c1O. The monoisotopic (exact) mass is 487 g/mol. The highest BCUT2D eigenvalue weighted by atomic mass is 35.5. The number of rotatable bonds is 18. The van der Waals surface area contributed by atoms with Crippen LogP contribution in [-0.2, 0) is 0 Å². The van der Waals surface area contributed by atoms with Crippen molar-refractivity contribution in [3.63, 3.8) is 0 Å². The van der Waals surface area contributed by atoms with Gasteiger partial charge < -0.3 is 10.0 Å². The van der Waals surface area contributed by atoms with Gasteiger partial charge in [0.1, 0.15) is 5.75 Å². The molecule has 0 fully saturated rings. The van der Waals surface area contributed by atoms with Crippen LogP contribution in [0.4, 0.5) is 0 Å². The van der Waals surface area contributed by atoms with Crippen molar-refractivity contribution in [2.75, 3.05) is 13.6 Å². The molecular weight excluding hydrogens is 442 g/mol. The number of hydrogen-bond acceptors (Lipinski definition) is 2. The zero-order valence-corrected chi connectivity index (χ0v) is 22.3. The van der Waals surface area contributed by atoms with Gasteiger partial charge in [0.2, 0.25) is 0 Å². The number of nitrogens with zero attached hydrogens (tertiary/aromatic N) is 1. The van der Waals surface area contributed by atoms with Gasteiger partial charge in [-0.2, -0.15) is 0 Å². The van der Waals surface area contributed by atoms with Gasteiger partial charge in [0.05, 0.1) is 5.56 Å². The van der Waals surface area contributed by atoms with E-state index >= 15 is 0 Å². The van der Waals surface area contributed by atoms with E-state index in [4.69, 9.17) is 11.6 Å². The third kappa shape index (κ3) is 9.86. The predicted octanol–water partition coefficient (Wildman–Crippen LogP) is 9.53. The van der Waals surface area contributed by atoms with Crippen LogP contribution >= 0.6 is 11.6 Å². The van der Waals surface area contributed by atoms with Crippen molar-refractivity contribution in [2.24, 2.45) is 0 Å². The van der Waals surface area contributed by atoms with Crippen molar-refractivity contribution in [2.45, 2.75) is 110 Å². The number of halogens is 1. The Morgan fingerprint density at radius 2 is 1.21 bits per heavy atom. The summed E-state index contributed by atoms with van der Waals surface area (Å²) in [6.07, 6.45) is 21.4. The largest absolute Gasteiger partial charge is 0.506 e. The summed E-state index contributed by atoms with van der Waals surface area (Å²) in [6, 6.07) is 8.95. The molecule has 0 radical (unpaired) electrons. The summed E-state index contributed by atoms with van der Waals surface area (Å²) in [4.78, 5) is 14.6. The Hall–Kier alpha value is -1.74. The summed E-state index contributed by atoms with van der Waals surface area (Å²) < 4.78 is 0. The van der Waals surface area contributed by atoms with Crippen LogP contribution in [0, 0.1) is 0 Å². The molecule has 4 heteroatoms. The molecule has 0 aliphatic rings. The molecule has 1 amide bonds. The molecule has 2 aromatic carbocycles. The van der Waals surface area contributed by atoms with E-state index in [1.165, 1.54) is 89.9 Å². The second kappa shape index (κ2) is 16.8. The third-order valence-electron chi connectivity index (χ3n) is 6.89. The van der Waals surface area contributed by atoms with Crippen LogP contribution in [0.2, 0.25) is 5.02 Å². The van der Waals surface area contributed by atoms with Gasteiger partial charge in [-0.15, -0.1) is 0 Å². The van der Waals surface area contributed by atoms with Crippen LogP contribution in [0.1, 0.15) is 120 Å². The Morgan fingerprint density at radius 3 is 1.71 bits per heavy atom. The molecule has 0 spiro atoms. The van der Waals surface area contributed by atoms with E-state index in [0.29, 0.717) is 17.0 Å². The number of phenolic OH excluding ortho intramolecular Hbond substituents is 1. The van der Waals surface area contributed by atoms with Crippen molar-refractivity contribution in [1.82, 2.24) is 4.90 Å². The van der Waals surface area contributed by atoms with E-state index in [0.717, 1.165) is 18.2 Å². The van der Waals surface area contributed by atoms with Gasteiger partial charge in [0.15, 0.2) is 0 Å². The number of unbranched alkanes of at least 4 members (excludes halogenated alkanes) is 15. The number of hydrogen-bond donors (Lipinski definition) is 1. The molecule has 3 nitrogen and oxygen atoms in total. The number of carbonyl (C=O) groups excluding carboxylic acids is 1. The second-order valence-electron chi connectivity index (χ2n) is 9.83. The van der Waals surface area contributed by atoms with Crippen molar-refractivity contribution in [1.29, 1.82) is 0 Å². The van der Waals surface area contributed by atoms with Crippen molar-refractivity contribution < 1.29 is 9.90 Å². The lowest BCUT2D eigenvalue weighted by molar-refractivity contribution is 0.0790. The van der Waals surface area contributed by atoms with Gasteiger partial charge in [0, 0.05) is 29.4 Å². The Morgan fingerprint density at radius 1 is 0.765 bits per heavy atom. The lowest BCUT2D eigenvalue weighted by Gasteiger charge is -2.19. The molecule has 0 unspecified atom stereocenters. The highest BCUT2D eigenvalue weighted by Crippen LogP contribution is 2.34. The fourth-order valence-electron chi connectivity index (χ4n) is 4.68. The van der Waals surface area contributed by atoms with Crippen molar-refractivity contribution in [3.8, 4) is 5.75 Å². The number of benzene rings is 2. The number of amides is 1. The molecular formula is C30H46ClNO2. The first-order valence-corrected chi connectivity index (χ1v) is 14.1. The standard InChI is InChI=1S/C30H46ClNO2/c1-3-4-5-6-7-8-9-10-11-12-13-14-15-16-17-20-23-32(2)30(34)27-24-28(31)25-21-18-19-22-26(25)29(27)33/h18-19,21-22,24,33H,3-17,20,23H2,1-2H3. The molecule has 0 aliphatic heterocycles. The summed E-state index contributed by atoms with van der Waals surface area (Å²) in [7, 11) is 1.80. The van der Waals surface area contributed by atoms with Crippen LogP contribution < -0.4 is 0 Å². The quantitative estimate of drug-likeness (QED) is 0.212. The van der Waals surface area contributed by atoms with Gasteiger partial charge >= 0.3 is 0 Å². The van der Waals surface area contributed by atoms with Crippen molar-refractivity contribution >= 4 is 28.3 Å². The molecule has 0 aromatic heterocycles. The molecule has 2 rings (SSSR count). The maximum Gasteiger partial charge on any atom is 0.257 e. The van der Waals surface area contributed by atoms with E-state index in [1.807, 2.05) is 18.2 Å². The average Bonchev–Trinajstić information content (AvgIpc) is 2.85. The molecule has 0 saturated carbocycles. The Labute approximate surface area is 212 Å². The van der Waals surface area contributed by atoms with Gasteiger partial charge in [-0.1, -0.05) is 139 Å². The van der Waals surface area contributed by atoms with Crippen molar-refractivity contribution in [3.05, 3.63) is 40.9 Å². The minimum atomic E-state index is -0.175. The van der Waals surface area contributed by atoms with Crippen LogP contribution in [0.25, 0.3) is 10.8 Å². The Kier molecular flexibility index (Phi) is 14.1. The molecule has 1 N–H and O–H groups in total. The summed E-state index contributed by atoms with van der Waals surface area (Å²) >= 11 is 6.35. The highest BCUT2D eigenvalue weighted by Gasteiger charge is 2.19. The van der Waals surface area contributed by atoms with Crippen LogP contribution in [0.3, 0.4) is 0 Å². The van der Waals surface area contributed by atoms with E-state index in [9.17, 15) is 9.90 Å². The van der Waals surface area contributed by atoms with Crippen LogP contribution in [0.15, 0.2) is 30.3 Å². The average molecular weight is 488 g/mol. The molecule has 190 valence electrons. The Bertz CT molecular complexity index is 851. The maximum atomic E-state index is 12.9. The van der Waals surface area contributed by atoms with Crippen LogP contribution in [0.5, 0.6) is 5.75 Å². The highest BCUT2D eigenvalue weighted by molar-refractivity contribution is 6.36. The maximum absolute atomic E-state index is 12.9. The smallest absolute Gasteiger partial charge is 0.257 e. The van der Waals surface area contributed by atoms with E-state index in [-0.39, 0.29) is 17.2 Å². The zero-order chi connectivity index (χ0) is 24.6. The molecule has 0 heterocycles.